The van der Waals surface area contributed by atoms with Gasteiger partial charge in [0, 0.05) is 5.92 Å². The fourth-order valence-electron chi connectivity index (χ4n) is 3.26. The van der Waals surface area contributed by atoms with Crippen LogP contribution in [-0.4, -0.2) is 24.3 Å². The monoisotopic (exact) mass is 182 g/mol. The van der Waals surface area contributed by atoms with Crippen molar-refractivity contribution in [1.29, 1.82) is 0 Å². The Balaban J connectivity index is 2.13. The Kier molecular flexibility index (Phi) is 1.15. The Morgan fingerprint density at radius 3 is 2.92 bits per heavy atom. The number of ether oxygens (including phenoxy) is 2. The van der Waals surface area contributed by atoms with E-state index in [0.717, 1.165) is 12.8 Å². The van der Waals surface area contributed by atoms with Crippen LogP contribution in [0, 0.1) is 11.3 Å². The molecule has 0 aromatic rings. The third-order valence-electron chi connectivity index (χ3n) is 4.42. The summed E-state index contributed by atoms with van der Waals surface area (Å²) in [6, 6.07) is 0. The molecule has 0 aromatic heterocycles. The van der Waals surface area contributed by atoms with Gasteiger partial charge in [0.2, 0.25) is 0 Å². The highest BCUT2D eigenvalue weighted by molar-refractivity contribution is 5.81. The van der Waals surface area contributed by atoms with E-state index in [2.05, 4.69) is 6.92 Å². The molecule has 3 rings (SSSR count). The Labute approximate surface area is 77.4 Å². The Hall–Kier alpha value is -0.570. The van der Waals surface area contributed by atoms with E-state index in [1.54, 1.807) is 0 Å². The van der Waals surface area contributed by atoms with Gasteiger partial charge in [-0.3, -0.25) is 4.79 Å². The average Bonchev–Trinajstić information content (AvgIpc) is 2.64. The van der Waals surface area contributed by atoms with Crippen molar-refractivity contribution in [3.05, 3.63) is 0 Å². The van der Waals surface area contributed by atoms with Crippen LogP contribution < -0.4 is 0 Å². The summed E-state index contributed by atoms with van der Waals surface area (Å²) in [5.74, 6) is 0.251. The maximum atomic E-state index is 11.7. The molecule has 0 aromatic carbocycles. The molecule has 3 heteroatoms. The van der Waals surface area contributed by atoms with Crippen molar-refractivity contribution >= 4 is 5.97 Å². The lowest BCUT2D eigenvalue weighted by Crippen LogP contribution is -2.47. The minimum atomic E-state index is -0.365. The molecule has 0 radical (unpaired) electrons. The van der Waals surface area contributed by atoms with Gasteiger partial charge in [-0.15, -0.1) is 0 Å². The molecule has 3 heterocycles. The third-order valence-corrected chi connectivity index (χ3v) is 4.42. The molecule has 2 bridgehead atoms. The van der Waals surface area contributed by atoms with Crippen LogP contribution >= 0.6 is 0 Å². The SMILES string of the molecule is C[C@]12CC[C@@H](O1)[C@H]1COC(=O)[C@@]12C. The summed E-state index contributed by atoms with van der Waals surface area (Å²) >= 11 is 0. The van der Waals surface area contributed by atoms with Gasteiger partial charge in [-0.05, 0) is 26.7 Å². The van der Waals surface area contributed by atoms with E-state index < -0.39 is 0 Å². The lowest BCUT2D eigenvalue weighted by atomic mass is 9.63. The number of carbonyl (C=O) groups excluding carboxylic acids is 1. The lowest BCUT2D eigenvalue weighted by molar-refractivity contribution is -0.155. The number of fused-ring (bicyclic) bond motifs is 5. The van der Waals surface area contributed by atoms with E-state index >= 15 is 0 Å². The molecular formula is C10H14O3. The quantitative estimate of drug-likeness (QED) is 0.526. The maximum absolute atomic E-state index is 11.7. The molecule has 13 heavy (non-hydrogen) atoms. The molecule has 3 aliphatic heterocycles. The topological polar surface area (TPSA) is 35.5 Å². The van der Waals surface area contributed by atoms with Crippen molar-refractivity contribution in [3.63, 3.8) is 0 Å². The second-order valence-electron chi connectivity index (χ2n) is 4.83. The zero-order valence-corrected chi connectivity index (χ0v) is 8.00. The van der Waals surface area contributed by atoms with Crippen molar-refractivity contribution in [2.24, 2.45) is 11.3 Å². The standard InChI is InChI=1S/C10H14O3/c1-9-4-3-7(13-9)6-5-12-8(11)10(6,9)2/h6-7H,3-5H2,1-2H3/t6-,7-,9-,10-/m1/s1. The van der Waals surface area contributed by atoms with E-state index in [0.29, 0.717) is 12.5 Å². The van der Waals surface area contributed by atoms with Gasteiger partial charge in [-0.1, -0.05) is 0 Å². The van der Waals surface area contributed by atoms with Gasteiger partial charge in [-0.2, -0.15) is 0 Å². The fourth-order valence-corrected chi connectivity index (χ4v) is 3.26. The highest BCUT2D eigenvalue weighted by Gasteiger charge is 2.71. The molecule has 72 valence electrons. The number of hydrogen-bond acceptors (Lipinski definition) is 3. The molecule has 0 spiro atoms. The summed E-state index contributed by atoms with van der Waals surface area (Å²) < 4.78 is 11.0. The minimum Gasteiger partial charge on any atom is -0.465 e. The lowest BCUT2D eigenvalue weighted by Gasteiger charge is -2.35. The van der Waals surface area contributed by atoms with Crippen molar-refractivity contribution in [1.82, 2.24) is 0 Å². The van der Waals surface area contributed by atoms with Crippen LogP contribution in [0.4, 0.5) is 0 Å². The molecule has 3 fully saturated rings. The Morgan fingerprint density at radius 2 is 2.23 bits per heavy atom. The van der Waals surface area contributed by atoms with Crippen LogP contribution in [0.25, 0.3) is 0 Å². The van der Waals surface area contributed by atoms with Gasteiger partial charge in [0.05, 0.1) is 18.3 Å². The molecule has 3 nitrogen and oxygen atoms in total. The number of esters is 1. The molecule has 0 saturated carbocycles. The zero-order chi connectivity index (χ0) is 9.27. The van der Waals surface area contributed by atoms with Crippen molar-refractivity contribution in [2.75, 3.05) is 6.61 Å². The van der Waals surface area contributed by atoms with E-state index in [1.807, 2.05) is 6.92 Å². The Bertz CT molecular complexity index is 288. The molecule has 0 aliphatic carbocycles. The van der Waals surface area contributed by atoms with Gasteiger partial charge in [0.15, 0.2) is 0 Å². The Morgan fingerprint density at radius 1 is 1.46 bits per heavy atom. The summed E-state index contributed by atoms with van der Waals surface area (Å²) in [7, 11) is 0. The van der Waals surface area contributed by atoms with Crippen LogP contribution in [0.3, 0.4) is 0 Å². The zero-order valence-electron chi connectivity index (χ0n) is 8.00. The maximum Gasteiger partial charge on any atom is 0.315 e. The molecule has 0 unspecified atom stereocenters. The number of hydrogen-bond donors (Lipinski definition) is 0. The number of cyclic esters (lactones) is 1. The van der Waals surface area contributed by atoms with Crippen LogP contribution in [-0.2, 0) is 14.3 Å². The first kappa shape index (κ1) is 7.80. The smallest absolute Gasteiger partial charge is 0.315 e. The molecule has 0 amide bonds. The molecule has 0 N–H and O–H groups in total. The first-order chi connectivity index (χ1) is 6.08. The van der Waals surface area contributed by atoms with Crippen molar-refractivity contribution in [2.45, 2.75) is 38.4 Å². The predicted molar refractivity (Wildman–Crippen MR) is 45.1 cm³/mol. The highest BCUT2D eigenvalue weighted by atomic mass is 16.6. The molecule has 3 saturated heterocycles. The summed E-state index contributed by atoms with van der Waals surface area (Å²) in [6.07, 6.45) is 2.36. The largest absolute Gasteiger partial charge is 0.465 e. The van der Waals surface area contributed by atoms with Crippen LogP contribution in [0.5, 0.6) is 0 Å². The van der Waals surface area contributed by atoms with Gasteiger partial charge in [0.1, 0.15) is 5.41 Å². The fraction of sp³-hybridized carbons (Fsp3) is 0.900. The molecule has 3 aliphatic rings. The van der Waals surface area contributed by atoms with E-state index in [4.69, 9.17) is 9.47 Å². The van der Waals surface area contributed by atoms with E-state index in [-0.39, 0.29) is 23.1 Å². The molecule has 4 atom stereocenters. The summed E-state index contributed by atoms with van der Waals surface area (Å²) in [5.41, 5.74) is -0.619. The highest BCUT2D eigenvalue weighted by Crippen LogP contribution is 2.61. The first-order valence-electron chi connectivity index (χ1n) is 4.93. The van der Waals surface area contributed by atoms with E-state index in [9.17, 15) is 4.79 Å². The normalized spacial score (nSPS) is 58.2. The van der Waals surface area contributed by atoms with Gasteiger partial charge < -0.3 is 9.47 Å². The minimum absolute atomic E-state index is 0.0535. The second kappa shape index (κ2) is 1.92. The summed E-state index contributed by atoms with van der Waals surface area (Å²) in [5, 5.41) is 0. The predicted octanol–water partition coefficient (Wildman–Crippen LogP) is 1.12. The van der Waals surface area contributed by atoms with Crippen LogP contribution in [0.1, 0.15) is 26.7 Å². The van der Waals surface area contributed by atoms with Crippen LogP contribution in [0.2, 0.25) is 0 Å². The number of rotatable bonds is 0. The van der Waals surface area contributed by atoms with Gasteiger partial charge >= 0.3 is 5.97 Å². The number of carbonyl (C=O) groups is 1. The summed E-state index contributed by atoms with van der Waals surface area (Å²) in [6.45, 7) is 4.63. The van der Waals surface area contributed by atoms with Gasteiger partial charge in [0.25, 0.3) is 0 Å². The van der Waals surface area contributed by atoms with E-state index in [1.165, 1.54) is 0 Å². The molecular weight excluding hydrogens is 168 g/mol. The van der Waals surface area contributed by atoms with Crippen LogP contribution in [0.15, 0.2) is 0 Å². The van der Waals surface area contributed by atoms with Crippen molar-refractivity contribution in [3.8, 4) is 0 Å². The second-order valence-corrected chi connectivity index (χ2v) is 4.83. The first-order valence-corrected chi connectivity index (χ1v) is 4.93. The summed E-state index contributed by atoms with van der Waals surface area (Å²) in [4.78, 5) is 11.7. The van der Waals surface area contributed by atoms with Crippen molar-refractivity contribution < 1.29 is 14.3 Å². The van der Waals surface area contributed by atoms with Gasteiger partial charge in [-0.25, -0.2) is 0 Å². The third kappa shape index (κ3) is 0.622. The average molecular weight is 182 g/mol.